The van der Waals surface area contributed by atoms with E-state index in [1.165, 1.54) is 35.1 Å². The van der Waals surface area contributed by atoms with Crippen molar-refractivity contribution < 1.29 is 4.74 Å². The Morgan fingerprint density at radius 2 is 1.33 bits per heavy atom. The van der Waals surface area contributed by atoms with Gasteiger partial charge < -0.3 is 4.74 Å². The third kappa shape index (κ3) is 5.68. The lowest BCUT2D eigenvalue weighted by Gasteiger charge is -2.07. The second-order valence-electron chi connectivity index (χ2n) is 6.93. The van der Waals surface area contributed by atoms with Crippen molar-refractivity contribution in [3.63, 3.8) is 0 Å². The first-order valence-corrected chi connectivity index (χ1v) is 10.0. The highest BCUT2D eigenvalue weighted by Gasteiger charge is 2.02. The number of benzene rings is 2. The maximum atomic E-state index is 5.50. The topological polar surface area (TPSA) is 22.1 Å². The van der Waals surface area contributed by atoms with E-state index in [1.807, 2.05) is 13.1 Å². The van der Waals surface area contributed by atoms with Crippen LogP contribution in [-0.4, -0.2) is 11.6 Å². The predicted octanol–water partition coefficient (Wildman–Crippen LogP) is 6.28. The van der Waals surface area contributed by atoms with E-state index in [0.717, 1.165) is 30.7 Å². The number of aromatic nitrogens is 1. The molecule has 1 heterocycles. The van der Waals surface area contributed by atoms with Crippen LogP contribution in [0.25, 0.3) is 11.3 Å². The highest BCUT2D eigenvalue weighted by atomic mass is 16.5. The van der Waals surface area contributed by atoms with E-state index in [4.69, 9.17) is 4.74 Å². The molecule has 2 aromatic carbocycles. The normalized spacial score (nSPS) is 10.7. The van der Waals surface area contributed by atoms with Gasteiger partial charge >= 0.3 is 0 Å². The molecule has 0 bridgehead atoms. The van der Waals surface area contributed by atoms with Gasteiger partial charge in [0.15, 0.2) is 0 Å². The Kier molecular flexibility index (Phi) is 7.04. The van der Waals surface area contributed by atoms with E-state index in [9.17, 15) is 0 Å². The van der Waals surface area contributed by atoms with Gasteiger partial charge in [0.2, 0.25) is 0 Å². The van der Waals surface area contributed by atoms with Crippen LogP contribution in [0.1, 0.15) is 43.4 Å². The number of hydrogen-bond acceptors (Lipinski definition) is 2. The number of ether oxygens (including phenoxy) is 1. The van der Waals surface area contributed by atoms with Crippen LogP contribution in [0.3, 0.4) is 0 Å². The zero-order valence-corrected chi connectivity index (χ0v) is 16.4. The Morgan fingerprint density at radius 1 is 0.704 bits per heavy atom. The summed E-state index contributed by atoms with van der Waals surface area (Å²) in [5.74, 6) is 0.943. The fourth-order valence-corrected chi connectivity index (χ4v) is 3.17. The second kappa shape index (κ2) is 9.91. The largest absolute Gasteiger partial charge is 0.494 e. The zero-order chi connectivity index (χ0) is 18.9. The molecule has 2 heteroatoms. The maximum Gasteiger partial charge on any atom is 0.119 e. The van der Waals surface area contributed by atoms with Crippen LogP contribution in [0.15, 0.2) is 66.9 Å². The second-order valence-corrected chi connectivity index (χ2v) is 6.93. The van der Waals surface area contributed by atoms with Crippen LogP contribution in [0.4, 0.5) is 0 Å². The average molecular weight is 360 g/mol. The predicted molar refractivity (Wildman–Crippen MR) is 113 cm³/mol. The minimum atomic E-state index is 0.710. The summed E-state index contributed by atoms with van der Waals surface area (Å²) in [4.78, 5) is 4.64. The monoisotopic (exact) mass is 359 g/mol. The standard InChI is InChI=1S/C25H29NO/c1-3-5-6-22-13-18-25(26-19-22)23-14-9-20(10-15-23)7-8-21-11-16-24(17-12-21)27-4-2/h9-19H,3-8H2,1-2H3. The summed E-state index contributed by atoms with van der Waals surface area (Å²) in [5.41, 5.74) is 6.25. The summed E-state index contributed by atoms with van der Waals surface area (Å²) < 4.78 is 5.50. The molecule has 0 aliphatic carbocycles. The van der Waals surface area contributed by atoms with Crippen LogP contribution in [0.2, 0.25) is 0 Å². The van der Waals surface area contributed by atoms with Gasteiger partial charge in [0, 0.05) is 11.8 Å². The molecule has 0 saturated heterocycles. The van der Waals surface area contributed by atoms with Gasteiger partial charge in [-0.2, -0.15) is 0 Å². The van der Waals surface area contributed by atoms with Crippen LogP contribution in [0, 0.1) is 0 Å². The summed E-state index contributed by atoms with van der Waals surface area (Å²) in [6.07, 6.45) is 7.66. The van der Waals surface area contributed by atoms with E-state index >= 15 is 0 Å². The van der Waals surface area contributed by atoms with Crippen molar-refractivity contribution >= 4 is 0 Å². The van der Waals surface area contributed by atoms with Gasteiger partial charge in [0.05, 0.1) is 12.3 Å². The molecule has 0 spiro atoms. The molecule has 0 N–H and O–H groups in total. The number of rotatable bonds is 9. The smallest absolute Gasteiger partial charge is 0.119 e. The highest BCUT2D eigenvalue weighted by Crippen LogP contribution is 2.20. The summed E-state index contributed by atoms with van der Waals surface area (Å²) in [7, 11) is 0. The Hall–Kier alpha value is -2.61. The molecule has 3 aromatic rings. The van der Waals surface area contributed by atoms with Crippen molar-refractivity contribution in [2.75, 3.05) is 6.61 Å². The van der Waals surface area contributed by atoms with Crippen molar-refractivity contribution in [3.8, 4) is 17.0 Å². The average Bonchev–Trinajstić information content (AvgIpc) is 2.73. The van der Waals surface area contributed by atoms with Gasteiger partial charge in [-0.15, -0.1) is 0 Å². The van der Waals surface area contributed by atoms with Crippen LogP contribution in [-0.2, 0) is 19.3 Å². The Labute approximate surface area is 163 Å². The molecule has 0 saturated carbocycles. The Bertz CT molecular complexity index is 804. The molecule has 140 valence electrons. The minimum Gasteiger partial charge on any atom is -0.494 e. The molecule has 0 aliphatic heterocycles. The van der Waals surface area contributed by atoms with Gasteiger partial charge in [-0.1, -0.05) is 55.8 Å². The zero-order valence-electron chi connectivity index (χ0n) is 16.4. The molecule has 0 fully saturated rings. The minimum absolute atomic E-state index is 0.710. The third-order valence-corrected chi connectivity index (χ3v) is 4.83. The lowest BCUT2D eigenvalue weighted by atomic mass is 10.0. The molecule has 1 aromatic heterocycles. The SMILES string of the molecule is CCCCc1ccc(-c2ccc(CCc3ccc(OCC)cc3)cc2)nc1. The maximum absolute atomic E-state index is 5.50. The third-order valence-electron chi connectivity index (χ3n) is 4.83. The molecule has 0 aliphatic rings. The van der Waals surface area contributed by atoms with E-state index < -0.39 is 0 Å². The van der Waals surface area contributed by atoms with Gasteiger partial charge in [0.1, 0.15) is 5.75 Å². The van der Waals surface area contributed by atoms with E-state index in [-0.39, 0.29) is 0 Å². The van der Waals surface area contributed by atoms with Gasteiger partial charge in [0.25, 0.3) is 0 Å². The summed E-state index contributed by atoms with van der Waals surface area (Å²) in [5, 5.41) is 0. The van der Waals surface area contributed by atoms with Crippen LogP contribution < -0.4 is 4.74 Å². The van der Waals surface area contributed by atoms with Crippen molar-refractivity contribution in [2.24, 2.45) is 0 Å². The molecule has 0 radical (unpaired) electrons. The van der Waals surface area contributed by atoms with Gasteiger partial charge in [-0.05, 0) is 67.5 Å². The van der Waals surface area contributed by atoms with Crippen molar-refractivity contribution in [1.82, 2.24) is 4.98 Å². The van der Waals surface area contributed by atoms with Gasteiger partial charge in [-0.25, -0.2) is 0 Å². The number of pyridine rings is 1. The quantitative estimate of drug-likeness (QED) is 0.449. The molecule has 0 unspecified atom stereocenters. The van der Waals surface area contributed by atoms with E-state index in [2.05, 4.69) is 72.6 Å². The Balaban J connectivity index is 1.56. The molecule has 2 nitrogen and oxygen atoms in total. The van der Waals surface area contributed by atoms with Crippen LogP contribution in [0.5, 0.6) is 5.75 Å². The first kappa shape index (κ1) is 19.2. The van der Waals surface area contributed by atoms with E-state index in [1.54, 1.807) is 0 Å². The fraction of sp³-hybridized carbons (Fsp3) is 0.320. The van der Waals surface area contributed by atoms with Gasteiger partial charge in [-0.3, -0.25) is 4.98 Å². The highest BCUT2D eigenvalue weighted by molar-refractivity contribution is 5.59. The molecule has 0 atom stereocenters. The number of unbranched alkanes of at least 4 members (excludes halogenated alkanes) is 1. The Morgan fingerprint density at radius 3 is 1.89 bits per heavy atom. The molecular weight excluding hydrogens is 330 g/mol. The number of hydrogen-bond donors (Lipinski definition) is 0. The first-order chi connectivity index (χ1) is 13.3. The van der Waals surface area contributed by atoms with Crippen molar-refractivity contribution in [2.45, 2.75) is 46.0 Å². The molecule has 3 rings (SSSR count). The van der Waals surface area contributed by atoms with Crippen molar-refractivity contribution in [3.05, 3.63) is 83.6 Å². The lowest BCUT2D eigenvalue weighted by molar-refractivity contribution is 0.340. The first-order valence-electron chi connectivity index (χ1n) is 10.0. The fourth-order valence-electron chi connectivity index (χ4n) is 3.17. The molecule has 27 heavy (non-hydrogen) atoms. The lowest BCUT2D eigenvalue weighted by Crippen LogP contribution is -1.94. The molecular formula is C25H29NO. The van der Waals surface area contributed by atoms with Crippen LogP contribution >= 0.6 is 0 Å². The summed E-state index contributed by atoms with van der Waals surface area (Å²) in [6.45, 7) is 4.94. The van der Waals surface area contributed by atoms with E-state index in [0.29, 0.717) is 6.61 Å². The summed E-state index contributed by atoms with van der Waals surface area (Å²) >= 11 is 0. The summed E-state index contributed by atoms with van der Waals surface area (Å²) in [6, 6.07) is 21.6. The number of aryl methyl sites for hydroxylation is 3. The number of nitrogens with zero attached hydrogens (tertiary/aromatic N) is 1. The van der Waals surface area contributed by atoms with Crippen molar-refractivity contribution in [1.29, 1.82) is 0 Å². The molecule has 0 amide bonds.